The first-order valence-corrected chi connectivity index (χ1v) is 14.4. The van der Waals surface area contributed by atoms with Crippen molar-refractivity contribution in [1.82, 2.24) is 14.7 Å². The predicted octanol–water partition coefficient (Wildman–Crippen LogP) is 4.73. The average molecular weight is 589 g/mol. The molecule has 2 aliphatic rings. The average Bonchev–Trinajstić information content (AvgIpc) is 2.91. The van der Waals surface area contributed by atoms with Crippen molar-refractivity contribution in [1.29, 1.82) is 0 Å². The van der Waals surface area contributed by atoms with Crippen molar-refractivity contribution >= 4 is 17.9 Å². The van der Waals surface area contributed by atoms with Gasteiger partial charge in [-0.05, 0) is 61.9 Å². The molecule has 4 rings (SSSR count). The summed E-state index contributed by atoms with van der Waals surface area (Å²) in [6.45, 7) is 6.07. The van der Waals surface area contributed by atoms with Crippen LogP contribution < -0.4 is 5.73 Å². The third kappa shape index (κ3) is 7.24. The van der Waals surface area contributed by atoms with Crippen LogP contribution in [0.15, 0.2) is 48.5 Å². The van der Waals surface area contributed by atoms with Gasteiger partial charge in [0.25, 0.3) is 0 Å². The number of nitrogens with zero attached hydrogens (tertiary/aromatic N) is 3. The largest absolute Gasteiger partial charge is 0.444 e. The highest BCUT2D eigenvalue weighted by atomic mass is 19.4. The number of benzene rings is 2. The second-order valence-electron chi connectivity index (χ2n) is 11.6. The van der Waals surface area contributed by atoms with Gasteiger partial charge >= 0.3 is 12.3 Å². The van der Waals surface area contributed by atoms with Gasteiger partial charge in [-0.25, -0.2) is 4.79 Å². The molecule has 2 saturated heterocycles. The Kier molecular flexibility index (Phi) is 9.81. The van der Waals surface area contributed by atoms with E-state index < -0.39 is 36.1 Å². The van der Waals surface area contributed by atoms with E-state index in [1.165, 1.54) is 9.80 Å². The Labute approximate surface area is 244 Å². The zero-order chi connectivity index (χ0) is 30.6. The molecule has 0 saturated carbocycles. The number of piperazine rings is 1. The van der Waals surface area contributed by atoms with Gasteiger partial charge in [0.1, 0.15) is 18.8 Å². The summed E-state index contributed by atoms with van der Waals surface area (Å²) in [4.78, 5) is 45.7. The molecule has 3 atom stereocenters. The van der Waals surface area contributed by atoms with Crippen molar-refractivity contribution in [3.05, 3.63) is 70.8 Å². The molecule has 0 spiro atoms. The van der Waals surface area contributed by atoms with E-state index in [9.17, 15) is 27.6 Å². The number of carbonyl (C=O) groups is 3. The number of hydrogen-bond acceptors (Lipinski definition) is 5. The number of rotatable bonds is 9. The Morgan fingerprint density at radius 2 is 1.81 bits per heavy atom. The first-order chi connectivity index (χ1) is 19.9. The summed E-state index contributed by atoms with van der Waals surface area (Å²) < 4.78 is 45.9. The minimum absolute atomic E-state index is 0.0141. The molecule has 2 aromatic carbocycles. The maximum atomic E-state index is 13.9. The Hall–Kier alpha value is -3.60. The van der Waals surface area contributed by atoms with Crippen molar-refractivity contribution in [3.8, 4) is 0 Å². The minimum Gasteiger partial charge on any atom is -0.444 e. The van der Waals surface area contributed by atoms with Crippen molar-refractivity contribution in [2.45, 2.75) is 77.5 Å². The molecule has 8 nitrogen and oxygen atoms in total. The molecule has 2 fully saturated rings. The third-order valence-corrected chi connectivity index (χ3v) is 7.67. The van der Waals surface area contributed by atoms with Gasteiger partial charge in [0.15, 0.2) is 0 Å². The first-order valence-electron chi connectivity index (χ1n) is 14.4. The molecular formula is C31H39F3N4O4. The summed E-state index contributed by atoms with van der Waals surface area (Å²) in [6.07, 6.45) is -4.82. The zero-order valence-electron chi connectivity index (χ0n) is 24.3. The van der Waals surface area contributed by atoms with E-state index in [4.69, 9.17) is 10.5 Å². The number of fused-ring (bicyclic) bond motifs is 1. The smallest absolute Gasteiger partial charge is 0.416 e. The lowest BCUT2D eigenvalue weighted by atomic mass is 9.93. The Morgan fingerprint density at radius 1 is 1.10 bits per heavy atom. The molecule has 0 aliphatic carbocycles. The van der Waals surface area contributed by atoms with Crippen molar-refractivity contribution in [2.75, 3.05) is 19.6 Å². The maximum absolute atomic E-state index is 13.9. The summed E-state index contributed by atoms with van der Waals surface area (Å²) in [6, 6.07) is 11.7. The Bertz CT molecular complexity index is 1270. The molecule has 228 valence electrons. The van der Waals surface area contributed by atoms with Gasteiger partial charge in [0.2, 0.25) is 11.8 Å². The van der Waals surface area contributed by atoms with E-state index in [0.717, 1.165) is 17.7 Å². The molecule has 0 aromatic heterocycles. The standard InChI is InChI=1S/C31H39F3N4O4/c1-20(2)17-36-18-27-37(30(41)42-19-23-12-21(3)13-24(14-23)31(32,33)34)25(15-22-8-5-4-6-9-22)16-28(39)38(27)26(29(36)40)10-7-11-35/h4-6,8-9,12-14,20,25-27H,7,10-11,15-19,35H2,1-3H3/t25?,26-,27?/m0/s1. The van der Waals surface area contributed by atoms with Gasteiger partial charge in [-0.1, -0.05) is 55.8 Å². The zero-order valence-corrected chi connectivity index (χ0v) is 24.3. The molecule has 0 bridgehead atoms. The number of amides is 3. The quantitative estimate of drug-likeness (QED) is 0.457. The molecule has 2 unspecified atom stereocenters. The lowest BCUT2D eigenvalue weighted by Gasteiger charge is -2.54. The van der Waals surface area contributed by atoms with Gasteiger partial charge in [-0.3, -0.25) is 14.5 Å². The lowest BCUT2D eigenvalue weighted by molar-refractivity contribution is -0.172. The van der Waals surface area contributed by atoms with Gasteiger partial charge in [-0.15, -0.1) is 0 Å². The first kappa shape index (κ1) is 31.3. The van der Waals surface area contributed by atoms with Crippen LogP contribution in [0.1, 0.15) is 55.4 Å². The molecule has 2 aliphatic heterocycles. The SMILES string of the molecule is Cc1cc(COC(=O)N2C(Cc3ccccc3)CC(=O)N3C2CN(CC(C)C)C(=O)[C@@H]3CCCN)cc(C(F)(F)F)c1. The van der Waals surface area contributed by atoms with Crippen LogP contribution in [0.3, 0.4) is 0 Å². The van der Waals surface area contributed by atoms with E-state index >= 15 is 0 Å². The number of aryl methyl sites for hydroxylation is 1. The molecular weight excluding hydrogens is 549 g/mol. The van der Waals surface area contributed by atoms with Crippen molar-refractivity contribution < 1.29 is 32.3 Å². The fourth-order valence-corrected chi connectivity index (χ4v) is 5.96. The minimum atomic E-state index is -4.54. The summed E-state index contributed by atoms with van der Waals surface area (Å²) in [5, 5.41) is 0. The topological polar surface area (TPSA) is 96.2 Å². The van der Waals surface area contributed by atoms with Crippen LogP contribution in [0, 0.1) is 12.8 Å². The fourth-order valence-electron chi connectivity index (χ4n) is 5.96. The number of carbonyl (C=O) groups excluding carboxylic acids is 3. The predicted molar refractivity (Wildman–Crippen MR) is 151 cm³/mol. The van der Waals surface area contributed by atoms with Crippen LogP contribution in [0.4, 0.5) is 18.0 Å². The van der Waals surface area contributed by atoms with Crippen LogP contribution in [0.5, 0.6) is 0 Å². The number of ether oxygens (including phenoxy) is 1. The van der Waals surface area contributed by atoms with Gasteiger partial charge in [-0.2, -0.15) is 13.2 Å². The van der Waals surface area contributed by atoms with Gasteiger partial charge in [0.05, 0.1) is 12.1 Å². The fraction of sp³-hybridized carbons (Fsp3) is 0.516. The molecule has 11 heteroatoms. The highest BCUT2D eigenvalue weighted by molar-refractivity contribution is 5.91. The third-order valence-electron chi connectivity index (χ3n) is 7.67. The van der Waals surface area contributed by atoms with Gasteiger partial charge < -0.3 is 20.3 Å². The highest BCUT2D eigenvalue weighted by Crippen LogP contribution is 2.34. The molecule has 42 heavy (non-hydrogen) atoms. The van der Waals surface area contributed by atoms with E-state index in [2.05, 4.69) is 0 Å². The van der Waals surface area contributed by atoms with E-state index in [0.29, 0.717) is 37.9 Å². The van der Waals surface area contributed by atoms with E-state index in [1.807, 2.05) is 44.2 Å². The maximum Gasteiger partial charge on any atom is 0.416 e. The molecule has 2 aromatic rings. The number of alkyl halides is 3. The summed E-state index contributed by atoms with van der Waals surface area (Å²) >= 11 is 0. The van der Waals surface area contributed by atoms with E-state index in [1.54, 1.807) is 17.9 Å². The summed E-state index contributed by atoms with van der Waals surface area (Å²) in [7, 11) is 0. The van der Waals surface area contributed by atoms with Crippen LogP contribution >= 0.6 is 0 Å². The second-order valence-corrected chi connectivity index (χ2v) is 11.6. The van der Waals surface area contributed by atoms with Crippen LogP contribution in [0.2, 0.25) is 0 Å². The summed E-state index contributed by atoms with van der Waals surface area (Å²) in [5.41, 5.74) is 6.46. The molecule has 2 N–H and O–H groups in total. The molecule has 2 heterocycles. The second kappa shape index (κ2) is 13.1. The van der Waals surface area contributed by atoms with Crippen molar-refractivity contribution in [3.63, 3.8) is 0 Å². The van der Waals surface area contributed by atoms with Crippen LogP contribution in [-0.4, -0.2) is 70.5 Å². The van der Waals surface area contributed by atoms with Crippen molar-refractivity contribution in [2.24, 2.45) is 11.7 Å². The lowest BCUT2D eigenvalue weighted by Crippen LogP contribution is -2.73. The van der Waals surface area contributed by atoms with Crippen LogP contribution in [0.25, 0.3) is 0 Å². The molecule has 3 amide bonds. The summed E-state index contributed by atoms with van der Waals surface area (Å²) in [5.74, 6) is -0.242. The number of halogens is 3. The highest BCUT2D eigenvalue weighted by Gasteiger charge is 2.52. The normalized spacial score (nSPS) is 21.1. The Balaban J connectivity index is 1.67. The number of hydrogen-bond donors (Lipinski definition) is 1. The number of nitrogens with two attached hydrogens (primary N) is 1. The Morgan fingerprint density at radius 3 is 2.45 bits per heavy atom. The van der Waals surface area contributed by atoms with Crippen LogP contribution in [-0.2, 0) is 33.5 Å². The molecule has 0 radical (unpaired) electrons. The monoisotopic (exact) mass is 588 g/mol. The van der Waals surface area contributed by atoms with Gasteiger partial charge in [0, 0.05) is 19.0 Å². The van der Waals surface area contributed by atoms with E-state index in [-0.39, 0.29) is 42.9 Å².